The molecular weight excluding hydrogens is 487 g/mol. The van der Waals surface area contributed by atoms with Crippen molar-refractivity contribution in [3.8, 4) is 11.3 Å². The highest BCUT2D eigenvalue weighted by atomic mass is 79.9. The molecule has 0 bridgehead atoms. The van der Waals surface area contributed by atoms with Gasteiger partial charge in [0.25, 0.3) is 5.91 Å². The second kappa shape index (κ2) is 8.71. The summed E-state index contributed by atoms with van der Waals surface area (Å²) in [6.07, 6.45) is 3.31. The number of amides is 1. The second-order valence-electron chi connectivity index (χ2n) is 7.46. The molecule has 156 valence electrons. The van der Waals surface area contributed by atoms with Crippen LogP contribution in [0.15, 0.2) is 53.1 Å². The molecule has 1 amide bonds. The number of aryl methyl sites for hydroxylation is 1. The molecule has 4 rings (SSSR count). The maximum atomic E-state index is 13.2. The highest BCUT2D eigenvalue weighted by Gasteiger charge is 2.36. The number of aromatic nitrogens is 2. The Hall–Kier alpha value is -1.86. The summed E-state index contributed by atoms with van der Waals surface area (Å²) in [6, 6.07) is 13.1. The average Bonchev–Trinajstić information content (AvgIpc) is 3.09. The van der Waals surface area contributed by atoms with Gasteiger partial charge in [-0.3, -0.25) is 9.48 Å². The Morgan fingerprint density at radius 3 is 2.43 bits per heavy atom. The lowest BCUT2D eigenvalue weighted by Crippen LogP contribution is -2.52. The van der Waals surface area contributed by atoms with Crippen molar-refractivity contribution in [1.82, 2.24) is 20.4 Å². The topological polar surface area (TPSA) is 59.0 Å². The van der Waals surface area contributed by atoms with Gasteiger partial charge in [0.2, 0.25) is 0 Å². The van der Waals surface area contributed by atoms with Crippen molar-refractivity contribution in [2.75, 3.05) is 13.1 Å². The van der Waals surface area contributed by atoms with Crippen LogP contribution in [-0.2, 0) is 12.6 Å². The van der Waals surface area contributed by atoms with Crippen molar-refractivity contribution < 1.29 is 4.79 Å². The standard InChI is InChI=1S/C22H21BrCl2N4O/c1-29-20(17(23)13-27-29)14-2-4-15(5-3-14)21(30)28-22(8-10-26-11-9-22)16-6-7-18(24)19(25)12-16/h2-7,12-13,26H,8-11H2,1H3,(H,28,30). The number of piperidine rings is 1. The van der Waals surface area contributed by atoms with E-state index in [1.807, 2.05) is 43.4 Å². The van der Waals surface area contributed by atoms with Crippen LogP contribution in [0.3, 0.4) is 0 Å². The molecule has 2 N–H and O–H groups in total. The van der Waals surface area contributed by atoms with Crippen LogP contribution in [0.2, 0.25) is 10.0 Å². The summed E-state index contributed by atoms with van der Waals surface area (Å²) in [5.74, 6) is -0.112. The van der Waals surface area contributed by atoms with Gasteiger partial charge in [-0.2, -0.15) is 5.10 Å². The highest BCUT2D eigenvalue weighted by Crippen LogP contribution is 2.35. The summed E-state index contributed by atoms with van der Waals surface area (Å²) >= 11 is 15.9. The van der Waals surface area contributed by atoms with Crippen LogP contribution in [0.1, 0.15) is 28.8 Å². The fraction of sp³-hybridized carbons (Fsp3) is 0.273. The Labute approximate surface area is 193 Å². The summed E-state index contributed by atoms with van der Waals surface area (Å²) in [7, 11) is 1.89. The van der Waals surface area contributed by atoms with Gasteiger partial charge in [-0.1, -0.05) is 41.4 Å². The lowest BCUT2D eigenvalue weighted by atomic mass is 9.81. The van der Waals surface area contributed by atoms with Gasteiger partial charge in [-0.05, 0) is 71.7 Å². The van der Waals surface area contributed by atoms with E-state index in [1.54, 1.807) is 16.9 Å². The van der Waals surface area contributed by atoms with Gasteiger partial charge in [0.1, 0.15) is 0 Å². The van der Waals surface area contributed by atoms with Crippen LogP contribution in [-0.4, -0.2) is 28.8 Å². The molecule has 0 spiro atoms. The number of nitrogens with one attached hydrogen (secondary N) is 2. The molecule has 2 heterocycles. The summed E-state index contributed by atoms with van der Waals surface area (Å²) in [5, 5.41) is 11.9. The number of carbonyl (C=O) groups is 1. The Balaban J connectivity index is 1.61. The van der Waals surface area contributed by atoms with Crippen LogP contribution in [0, 0.1) is 0 Å². The minimum Gasteiger partial charge on any atom is -0.342 e. The monoisotopic (exact) mass is 506 g/mol. The van der Waals surface area contributed by atoms with Gasteiger partial charge in [0, 0.05) is 18.2 Å². The zero-order valence-corrected chi connectivity index (χ0v) is 19.5. The maximum Gasteiger partial charge on any atom is 0.251 e. The number of hydrogen-bond acceptors (Lipinski definition) is 3. The Morgan fingerprint density at radius 1 is 1.13 bits per heavy atom. The van der Waals surface area contributed by atoms with Crippen molar-refractivity contribution in [2.24, 2.45) is 7.05 Å². The van der Waals surface area contributed by atoms with Gasteiger partial charge in [0.15, 0.2) is 0 Å². The van der Waals surface area contributed by atoms with E-state index in [4.69, 9.17) is 23.2 Å². The van der Waals surface area contributed by atoms with E-state index in [0.29, 0.717) is 15.6 Å². The summed E-state index contributed by atoms with van der Waals surface area (Å²) in [5.41, 5.74) is 3.05. The Bertz CT molecular complexity index is 1060. The first-order chi connectivity index (χ1) is 14.4. The SMILES string of the molecule is Cn1ncc(Br)c1-c1ccc(C(=O)NC2(c3ccc(Cl)c(Cl)c3)CCNCC2)cc1. The number of benzene rings is 2. The Kier molecular flexibility index (Phi) is 6.21. The highest BCUT2D eigenvalue weighted by molar-refractivity contribution is 9.10. The normalized spacial score (nSPS) is 15.7. The Morgan fingerprint density at radius 2 is 1.83 bits per heavy atom. The van der Waals surface area contributed by atoms with E-state index >= 15 is 0 Å². The fourth-order valence-corrected chi connectivity index (χ4v) is 4.81. The fourth-order valence-electron chi connectivity index (χ4n) is 3.94. The molecule has 8 heteroatoms. The van der Waals surface area contributed by atoms with Gasteiger partial charge >= 0.3 is 0 Å². The molecule has 5 nitrogen and oxygen atoms in total. The smallest absolute Gasteiger partial charge is 0.251 e. The maximum absolute atomic E-state index is 13.2. The molecule has 1 aromatic heterocycles. The predicted octanol–water partition coefficient (Wildman–Crippen LogP) is 5.17. The second-order valence-corrected chi connectivity index (χ2v) is 9.13. The third-order valence-corrected chi connectivity index (χ3v) is 6.92. The van der Waals surface area contributed by atoms with Gasteiger partial charge in [-0.15, -0.1) is 0 Å². The van der Waals surface area contributed by atoms with Crippen molar-refractivity contribution in [3.05, 3.63) is 74.3 Å². The van der Waals surface area contributed by atoms with Crippen molar-refractivity contribution in [3.63, 3.8) is 0 Å². The van der Waals surface area contributed by atoms with Crippen LogP contribution >= 0.6 is 39.1 Å². The number of nitrogens with zero attached hydrogens (tertiary/aromatic N) is 2. The predicted molar refractivity (Wildman–Crippen MR) is 124 cm³/mol. The van der Waals surface area contributed by atoms with Crippen LogP contribution in [0.5, 0.6) is 0 Å². The number of carbonyl (C=O) groups excluding carboxylic acids is 1. The molecule has 2 aromatic carbocycles. The summed E-state index contributed by atoms with van der Waals surface area (Å²) in [6.45, 7) is 1.63. The van der Waals surface area contributed by atoms with Crippen molar-refractivity contribution in [2.45, 2.75) is 18.4 Å². The largest absolute Gasteiger partial charge is 0.342 e. The van der Waals surface area contributed by atoms with E-state index in [2.05, 4.69) is 31.7 Å². The molecule has 1 fully saturated rings. The van der Waals surface area contributed by atoms with Crippen molar-refractivity contribution >= 4 is 45.0 Å². The molecule has 3 aromatic rings. The molecule has 0 aliphatic carbocycles. The third kappa shape index (κ3) is 4.14. The average molecular weight is 508 g/mol. The molecule has 1 aliphatic rings. The lowest BCUT2D eigenvalue weighted by molar-refractivity contribution is 0.0872. The first-order valence-corrected chi connectivity index (χ1v) is 11.2. The van der Waals surface area contributed by atoms with E-state index in [9.17, 15) is 4.79 Å². The summed E-state index contributed by atoms with van der Waals surface area (Å²) < 4.78 is 2.71. The molecule has 0 unspecified atom stereocenters. The molecule has 0 radical (unpaired) electrons. The number of halogens is 3. The zero-order chi connectivity index (χ0) is 21.3. The van der Waals surface area contributed by atoms with Gasteiger partial charge < -0.3 is 10.6 Å². The third-order valence-electron chi connectivity index (χ3n) is 5.60. The van der Waals surface area contributed by atoms with E-state index < -0.39 is 5.54 Å². The van der Waals surface area contributed by atoms with E-state index in [1.165, 1.54) is 0 Å². The molecule has 0 atom stereocenters. The number of rotatable bonds is 4. The molecule has 1 saturated heterocycles. The van der Waals surface area contributed by atoms with Gasteiger partial charge in [0.05, 0.1) is 31.9 Å². The van der Waals surface area contributed by atoms with Gasteiger partial charge in [-0.25, -0.2) is 0 Å². The minimum atomic E-state index is -0.486. The van der Waals surface area contributed by atoms with E-state index in [0.717, 1.165) is 47.2 Å². The molecule has 0 saturated carbocycles. The quantitative estimate of drug-likeness (QED) is 0.512. The molecule has 30 heavy (non-hydrogen) atoms. The van der Waals surface area contributed by atoms with Crippen LogP contribution in [0.4, 0.5) is 0 Å². The molecular formula is C22H21BrCl2N4O. The minimum absolute atomic E-state index is 0.112. The van der Waals surface area contributed by atoms with Crippen LogP contribution < -0.4 is 10.6 Å². The zero-order valence-electron chi connectivity index (χ0n) is 16.4. The first-order valence-electron chi connectivity index (χ1n) is 9.66. The number of hydrogen-bond donors (Lipinski definition) is 2. The van der Waals surface area contributed by atoms with Crippen molar-refractivity contribution in [1.29, 1.82) is 0 Å². The lowest BCUT2D eigenvalue weighted by Gasteiger charge is -2.39. The summed E-state index contributed by atoms with van der Waals surface area (Å²) in [4.78, 5) is 13.2. The molecule has 1 aliphatic heterocycles. The first kappa shape index (κ1) is 21.4. The van der Waals surface area contributed by atoms with Crippen LogP contribution in [0.25, 0.3) is 11.3 Å². The van der Waals surface area contributed by atoms with E-state index in [-0.39, 0.29) is 5.91 Å².